The maximum atomic E-state index is 12.1. The van der Waals surface area contributed by atoms with Crippen molar-refractivity contribution in [2.24, 2.45) is 0 Å². The summed E-state index contributed by atoms with van der Waals surface area (Å²) in [6.07, 6.45) is 2.61. The van der Waals surface area contributed by atoms with Gasteiger partial charge in [-0.1, -0.05) is 0 Å². The summed E-state index contributed by atoms with van der Waals surface area (Å²) in [5.41, 5.74) is -0.876. The lowest BCUT2D eigenvalue weighted by atomic mass is 9.91. The first-order valence-electron chi connectivity index (χ1n) is 7.59. The Morgan fingerprint density at radius 3 is 2.52 bits per heavy atom. The first-order valence-corrected chi connectivity index (χ1v) is 7.59. The van der Waals surface area contributed by atoms with Gasteiger partial charge in [0.05, 0.1) is 5.60 Å². The van der Waals surface area contributed by atoms with E-state index in [4.69, 9.17) is 14.6 Å². The van der Waals surface area contributed by atoms with Gasteiger partial charge in [-0.05, 0) is 52.9 Å². The highest BCUT2D eigenvalue weighted by Crippen LogP contribution is 2.39. The van der Waals surface area contributed by atoms with E-state index in [9.17, 15) is 9.59 Å². The monoisotopic (exact) mass is 299 g/mol. The number of amides is 1. The molecule has 0 radical (unpaired) electrons. The van der Waals surface area contributed by atoms with Crippen LogP contribution in [0.3, 0.4) is 0 Å². The highest BCUT2D eigenvalue weighted by atomic mass is 16.6. The standard InChI is InChI=1S/C15H25NO5/c1-14(2,3)21-13(19)16-9-4-6-15(8-10-16)7-5-11(20-15)12(17)18/h11H,4-10H2,1-3H3,(H,17,18). The highest BCUT2D eigenvalue weighted by molar-refractivity contribution is 5.72. The molecule has 2 unspecified atom stereocenters. The molecule has 6 nitrogen and oxygen atoms in total. The van der Waals surface area contributed by atoms with Crippen LogP contribution < -0.4 is 0 Å². The van der Waals surface area contributed by atoms with Gasteiger partial charge >= 0.3 is 12.1 Å². The Labute approximate surface area is 125 Å². The summed E-state index contributed by atoms with van der Waals surface area (Å²) in [7, 11) is 0. The number of carboxylic acid groups (broad SMARTS) is 1. The predicted octanol–water partition coefficient (Wildman–Crippen LogP) is 2.41. The van der Waals surface area contributed by atoms with E-state index in [1.807, 2.05) is 20.8 Å². The number of hydrogen-bond donors (Lipinski definition) is 1. The van der Waals surface area contributed by atoms with Gasteiger partial charge in [-0.25, -0.2) is 9.59 Å². The second kappa shape index (κ2) is 5.83. The lowest BCUT2D eigenvalue weighted by Gasteiger charge is -2.28. The minimum atomic E-state index is -0.889. The molecule has 21 heavy (non-hydrogen) atoms. The SMILES string of the molecule is CC(C)(C)OC(=O)N1CCCC2(CCC(C(=O)O)O2)CC1. The van der Waals surface area contributed by atoms with E-state index < -0.39 is 17.7 Å². The Kier molecular flexibility index (Phi) is 4.46. The first kappa shape index (κ1) is 16.1. The van der Waals surface area contributed by atoms with Crippen LogP contribution in [0.1, 0.15) is 52.9 Å². The fraction of sp³-hybridized carbons (Fsp3) is 0.867. The fourth-order valence-corrected chi connectivity index (χ4v) is 3.03. The molecule has 0 aromatic rings. The van der Waals surface area contributed by atoms with Crippen molar-refractivity contribution in [2.75, 3.05) is 13.1 Å². The van der Waals surface area contributed by atoms with Crippen LogP contribution in [0.2, 0.25) is 0 Å². The number of ether oxygens (including phenoxy) is 2. The average molecular weight is 299 g/mol. The van der Waals surface area contributed by atoms with Gasteiger partial charge in [0.25, 0.3) is 0 Å². The molecule has 0 saturated carbocycles. The Bertz CT molecular complexity index is 417. The van der Waals surface area contributed by atoms with Gasteiger partial charge < -0.3 is 19.5 Å². The van der Waals surface area contributed by atoms with Crippen LogP contribution >= 0.6 is 0 Å². The molecule has 0 bridgehead atoms. The highest BCUT2D eigenvalue weighted by Gasteiger charge is 2.44. The second-order valence-electron chi connectivity index (χ2n) is 6.99. The third-order valence-corrected chi connectivity index (χ3v) is 4.08. The molecule has 0 aromatic heterocycles. The van der Waals surface area contributed by atoms with Crippen LogP contribution in [0.25, 0.3) is 0 Å². The molecule has 6 heteroatoms. The average Bonchev–Trinajstić information content (AvgIpc) is 2.63. The minimum Gasteiger partial charge on any atom is -0.479 e. The number of hydrogen-bond acceptors (Lipinski definition) is 4. The fourth-order valence-electron chi connectivity index (χ4n) is 3.03. The number of likely N-dealkylation sites (tertiary alicyclic amines) is 1. The molecule has 2 fully saturated rings. The molecule has 1 N–H and O–H groups in total. The molecule has 120 valence electrons. The van der Waals surface area contributed by atoms with E-state index in [1.165, 1.54) is 0 Å². The Morgan fingerprint density at radius 2 is 1.95 bits per heavy atom. The number of nitrogens with zero attached hydrogens (tertiary/aromatic N) is 1. The third-order valence-electron chi connectivity index (χ3n) is 4.08. The van der Waals surface area contributed by atoms with Gasteiger partial charge in [0.15, 0.2) is 6.10 Å². The van der Waals surface area contributed by atoms with Crippen LogP contribution in [0.4, 0.5) is 4.79 Å². The summed E-state index contributed by atoms with van der Waals surface area (Å²) < 4.78 is 11.2. The number of aliphatic carboxylic acids is 1. The maximum Gasteiger partial charge on any atom is 0.410 e. The summed E-state index contributed by atoms with van der Waals surface area (Å²) in [6, 6.07) is 0. The van der Waals surface area contributed by atoms with Crippen LogP contribution in [0, 0.1) is 0 Å². The quantitative estimate of drug-likeness (QED) is 0.804. The van der Waals surface area contributed by atoms with Crippen molar-refractivity contribution in [3.8, 4) is 0 Å². The van der Waals surface area contributed by atoms with E-state index in [0.717, 1.165) is 19.3 Å². The van der Waals surface area contributed by atoms with E-state index in [2.05, 4.69) is 0 Å². The van der Waals surface area contributed by atoms with Crippen LogP contribution in [0.5, 0.6) is 0 Å². The minimum absolute atomic E-state index is 0.299. The first-order chi connectivity index (χ1) is 9.71. The van der Waals surface area contributed by atoms with Crippen molar-refractivity contribution in [3.05, 3.63) is 0 Å². The number of carbonyl (C=O) groups excluding carboxylic acids is 1. The van der Waals surface area contributed by atoms with Gasteiger partial charge in [-0.15, -0.1) is 0 Å². The number of carbonyl (C=O) groups is 2. The van der Waals surface area contributed by atoms with E-state index in [1.54, 1.807) is 4.90 Å². The molecular formula is C15H25NO5. The molecule has 0 aromatic carbocycles. The Hall–Kier alpha value is -1.30. The largest absolute Gasteiger partial charge is 0.479 e. The molecule has 1 amide bonds. The van der Waals surface area contributed by atoms with Gasteiger partial charge in [-0.3, -0.25) is 0 Å². The molecule has 2 saturated heterocycles. The molecule has 2 rings (SSSR count). The topological polar surface area (TPSA) is 76.1 Å². The van der Waals surface area contributed by atoms with Crippen LogP contribution in [0.15, 0.2) is 0 Å². The van der Waals surface area contributed by atoms with Gasteiger partial charge in [0, 0.05) is 13.1 Å². The Balaban J connectivity index is 1.94. The molecule has 2 aliphatic heterocycles. The molecule has 2 aliphatic rings. The smallest absolute Gasteiger partial charge is 0.410 e. The van der Waals surface area contributed by atoms with Gasteiger partial charge in [0.1, 0.15) is 5.60 Å². The van der Waals surface area contributed by atoms with Crippen molar-refractivity contribution in [1.82, 2.24) is 4.90 Å². The summed E-state index contributed by atoms with van der Waals surface area (Å²) in [6.45, 7) is 6.74. The zero-order valence-electron chi connectivity index (χ0n) is 13.1. The van der Waals surface area contributed by atoms with Crippen LogP contribution in [-0.2, 0) is 14.3 Å². The number of carboxylic acids is 1. The molecular weight excluding hydrogens is 274 g/mol. The van der Waals surface area contributed by atoms with Gasteiger partial charge in [-0.2, -0.15) is 0 Å². The molecule has 1 spiro atoms. The summed E-state index contributed by atoms with van der Waals surface area (Å²) in [4.78, 5) is 24.9. The zero-order chi connectivity index (χ0) is 15.7. The number of rotatable bonds is 1. The molecule has 2 atom stereocenters. The van der Waals surface area contributed by atoms with Crippen molar-refractivity contribution in [1.29, 1.82) is 0 Å². The maximum absolute atomic E-state index is 12.1. The third kappa shape index (κ3) is 4.09. The van der Waals surface area contributed by atoms with Gasteiger partial charge in [0.2, 0.25) is 0 Å². The van der Waals surface area contributed by atoms with E-state index >= 15 is 0 Å². The van der Waals surface area contributed by atoms with E-state index in [-0.39, 0.29) is 11.7 Å². The van der Waals surface area contributed by atoms with Crippen molar-refractivity contribution in [2.45, 2.75) is 70.2 Å². The predicted molar refractivity (Wildman–Crippen MR) is 76.1 cm³/mol. The van der Waals surface area contributed by atoms with E-state index in [0.29, 0.717) is 25.9 Å². The summed E-state index contributed by atoms with van der Waals surface area (Å²) in [5.74, 6) is -0.889. The Morgan fingerprint density at radius 1 is 1.24 bits per heavy atom. The second-order valence-corrected chi connectivity index (χ2v) is 6.99. The zero-order valence-corrected chi connectivity index (χ0v) is 13.1. The van der Waals surface area contributed by atoms with Crippen molar-refractivity contribution >= 4 is 12.1 Å². The lowest BCUT2D eigenvalue weighted by Crippen LogP contribution is -2.38. The van der Waals surface area contributed by atoms with Crippen molar-refractivity contribution < 1.29 is 24.2 Å². The summed E-state index contributed by atoms with van der Waals surface area (Å²) >= 11 is 0. The summed E-state index contributed by atoms with van der Waals surface area (Å²) in [5, 5.41) is 9.06. The van der Waals surface area contributed by atoms with Crippen molar-refractivity contribution in [3.63, 3.8) is 0 Å². The van der Waals surface area contributed by atoms with Crippen LogP contribution in [-0.4, -0.2) is 52.5 Å². The lowest BCUT2D eigenvalue weighted by molar-refractivity contribution is -0.155. The molecule has 2 heterocycles. The molecule has 0 aliphatic carbocycles. The normalized spacial score (nSPS) is 30.2.